The number of anilines is 1. The van der Waals surface area contributed by atoms with E-state index in [-0.39, 0.29) is 45.9 Å². The Hall–Kier alpha value is -3.96. The molecule has 41 heavy (non-hydrogen) atoms. The van der Waals surface area contributed by atoms with Crippen LogP contribution in [0.4, 0.5) is 10.1 Å². The maximum absolute atomic E-state index is 14.4. The lowest BCUT2D eigenvalue weighted by Crippen LogP contribution is -2.49. The molecule has 0 radical (unpaired) electrons. The van der Waals surface area contributed by atoms with Gasteiger partial charge in [0.15, 0.2) is 0 Å². The average molecular weight is 585 g/mol. The van der Waals surface area contributed by atoms with Crippen molar-refractivity contribution in [2.45, 2.75) is 25.7 Å². The Morgan fingerprint density at radius 3 is 2.27 bits per heavy atom. The number of hydrogen-bond acceptors (Lipinski definition) is 8. The second-order valence-electron chi connectivity index (χ2n) is 11.0. The van der Waals surface area contributed by atoms with E-state index >= 15 is 0 Å². The summed E-state index contributed by atoms with van der Waals surface area (Å²) in [6, 6.07) is 6.29. The number of methoxy groups -OCH3 is 2. The number of aromatic hydroxyl groups is 1. The molecule has 2 aliphatic heterocycles. The van der Waals surface area contributed by atoms with Crippen molar-refractivity contribution in [3.8, 4) is 17.2 Å². The van der Waals surface area contributed by atoms with Crippen molar-refractivity contribution < 1.29 is 43.4 Å². The molecule has 4 aliphatic rings. The number of carbonyl (C=O) groups is 4. The SMILES string of the molecule is COc1cc(O)cc(OC)c1[C@H]1C2=CC[C@@H]3C(=O)N(O)C(=O)[C@@H]3[C@@H]2C[C@H]2C(=O)N(c3ccc(F)c(Cl)c3)C(=O)[C@@]12C. The number of rotatable bonds is 4. The number of imide groups is 2. The second kappa shape index (κ2) is 9.28. The van der Waals surface area contributed by atoms with Gasteiger partial charge < -0.3 is 14.6 Å². The molecular weight excluding hydrogens is 559 g/mol. The lowest BCUT2D eigenvalue weighted by atomic mass is 9.51. The number of amides is 4. The van der Waals surface area contributed by atoms with Gasteiger partial charge in [-0.25, -0.2) is 9.29 Å². The van der Waals surface area contributed by atoms with Crippen LogP contribution in [0.15, 0.2) is 42.0 Å². The Kier molecular flexibility index (Phi) is 6.16. The van der Waals surface area contributed by atoms with Crippen LogP contribution in [0.5, 0.6) is 17.2 Å². The number of hydroxylamine groups is 2. The Balaban J connectivity index is 1.60. The van der Waals surface area contributed by atoms with Gasteiger partial charge in [-0.3, -0.25) is 24.4 Å². The highest BCUT2D eigenvalue weighted by Gasteiger charge is 2.68. The van der Waals surface area contributed by atoms with Crippen molar-refractivity contribution in [2.75, 3.05) is 19.1 Å². The molecule has 6 atom stereocenters. The van der Waals surface area contributed by atoms with Crippen molar-refractivity contribution in [3.05, 3.63) is 58.4 Å². The number of phenols is 1. The minimum atomic E-state index is -1.45. The average Bonchev–Trinajstić information content (AvgIpc) is 3.29. The highest BCUT2D eigenvalue weighted by Crippen LogP contribution is 2.65. The van der Waals surface area contributed by atoms with Crippen LogP contribution in [0.2, 0.25) is 5.02 Å². The van der Waals surface area contributed by atoms with E-state index in [0.29, 0.717) is 11.1 Å². The molecule has 4 amide bonds. The zero-order valence-corrected chi connectivity index (χ0v) is 23.0. The van der Waals surface area contributed by atoms with E-state index in [1.165, 1.54) is 38.5 Å². The van der Waals surface area contributed by atoms with Gasteiger partial charge in [0, 0.05) is 23.6 Å². The summed E-state index contributed by atoms with van der Waals surface area (Å²) >= 11 is 6.01. The summed E-state index contributed by atoms with van der Waals surface area (Å²) in [5, 5.41) is 20.4. The Labute approximate surface area is 238 Å². The molecule has 1 saturated carbocycles. The first-order valence-corrected chi connectivity index (χ1v) is 13.4. The van der Waals surface area contributed by atoms with E-state index in [1.807, 2.05) is 0 Å². The number of fused-ring (bicyclic) bond motifs is 4. The van der Waals surface area contributed by atoms with Gasteiger partial charge in [-0.05, 0) is 43.9 Å². The molecule has 10 nitrogen and oxygen atoms in total. The van der Waals surface area contributed by atoms with Crippen molar-refractivity contribution in [1.82, 2.24) is 5.06 Å². The fraction of sp³-hybridized carbons (Fsp3) is 0.379. The smallest absolute Gasteiger partial charge is 0.257 e. The van der Waals surface area contributed by atoms with Crippen LogP contribution < -0.4 is 14.4 Å². The van der Waals surface area contributed by atoms with Crippen molar-refractivity contribution >= 4 is 40.9 Å². The van der Waals surface area contributed by atoms with Crippen LogP contribution in [-0.2, 0) is 19.2 Å². The van der Waals surface area contributed by atoms with Gasteiger partial charge in [-0.15, -0.1) is 0 Å². The van der Waals surface area contributed by atoms with Gasteiger partial charge in [0.2, 0.25) is 11.8 Å². The molecule has 2 N–H and O–H groups in total. The van der Waals surface area contributed by atoms with Gasteiger partial charge >= 0.3 is 0 Å². The molecule has 214 valence electrons. The summed E-state index contributed by atoms with van der Waals surface area (Å²) in [6.07, 6.45) is 1.98. The van der Waals surface area contributed by atoms with Crippen molar-refractivity contribution in [3.63, 3.8) is 0 Å². The standard InChI is InChI=1S/C29H26ClFN2O8/c1-29-17(26(36)32(28(29)38)12-4-7-19(31)18(30)8-12)11-16-14(5-6-15-22(16)27(37)33(39)25(15)35)24(29)23-20(40-2)9-13(34)10-21(23)41-3/h4-5,7-10,15-17,22,24,34,39H,6,11H2,1-3H3/t15-,16+,17-,22-,24+,29+/m0/s1. The molecule has 2 aromatic rings. The first-order chi connectivity index (χ1) is 19.4. The summed E-state index contributed by atoms with van der Waals surface area (Å²) in [5.41, 5.74) is -0.347. The van der Waals surface area contributed by atoms with Gasteiger partial charge in [0.1, 0.15) is 23.1 Å². The summed E-state index contributed by atoms with van der Waals surface area (Å²) < 4.78 is 25.3. The van der Waals surface area contributed by atoms with E-state index in [4.69, 9.17) is 21.1 Å². The molecule has 3 fully saturated rings. The molecule has 6 rings (SSSR count). The third kappa shape index (κ3) is 3.58. The molecule has 0 spiro atoms. The predicted octanol–water partition coefficient (Wildman–Crippen LogP) is 3.82. The zero-order valence-electron chi connectivity index (χ0n) is 22.3. The monoisotopic (exact) mass is 584 g/mol. The molecule has 0 bridgehead atoms. The van der Waals surface area contributed by atoms with Crippen LogP contribution in [-0.4, -0.2) is 53.2 Å². The van der Waals surface area contributed by atoms with E-state index in [0.717, 1.165) is 11.0 Å². The number of halogens is 2. The molecule has 2 aliphatic carbocycles. The maximum atomic E-state index is 14.4. The summed E-state index contributed by atoms with van der Waals surface area (Å²) in [6.45, 7) is 1.66. The van der Waals surface area contributed by atoms with Gasteiger partial charge in [-0.1, -0.05) is 23.3 Å². The molecular formula is C29H26ClFN2O8. The Morgan fingerprint density at radius 1 is 1.00 bits per heavy atom. The molecule has 0 aromatic heterocycles. The molecule has 0 unspecified atom stereocenters. The van der Waals surface area contributed by atoms with Gasteiger partial charge in [0.25, 0.3) is 11.8 Å². The first-order valence-electron chi connectivity index (χ1n) is 13.0. The molecule has 2 saturated heterocycles. The van der Waals surface area contributed by atoms with E-state index in [2.05, 4.69) is 0 Å². The van der Waals surface area contributed by atoms with Crippen LogP contribution in [0.3, 0.4) is 0 Å². The maximum Gasteiger partial charge on any atom is 0.257 e. The summed E-state index contributed by atoms with van der Waals surface area (Å²) in [4.78, 5) is 55.4. The van der Waals surface area contributed by atoms with Gasteiger partial charge in [-0.2, -0.15) is 5.06 Å². The van der Waals surface area contributed by atoms with Crippen LogP contribution in [0.1, 0.15) is 31.2 Å². The normalized spacial score (nSPS) is 30.7. The number of hydrogen-bond donors (Lipinski definition) is 2. The number of nitrogens with zero attached hydrogens (tertiary/aromatic N) is 2. The quantitative estimate of drug-likeness (QED) is 0.315. The van der Waals surface area contributed by atoms with E-state index in [9.17, 15) is 33.9 Å². The molecule has 2 heterocycles. The second-order valence-corrected chi connectivity index (χ2v) is 11.4. The number of ether oxygens (including phenoxy) is 2. The highest BCUT2D eigenvalue weighted by molar-refractivity contribution is 6.31. The number of benzene rings is 2. The van der Waals surface area contributed by atoms with Crippen molar-refractivity contribution in [2.24, 2.45) is 29.1 Å². The van der Waals surface area contributed by atoms with Gasteiger partial charge in [0.05, 0.1) is 48.1 Å². The van der Waals surface area contributed by atoms with Crippen LogP contribution >= 0.6 is 11.6 Å². The van der Waals surface area contributed by atoms with Crippen LogP contribution in [0, 0.1) is 34.9 Å². The lowest BCUT2D eigenvalue weighted by Gasteiger charge is -2.49. The third-order valence-corrected chi connectivity index (χ3v) is 9.52. The lowest BCUT2D eigenvalue weighted by molar-refractivity contribution is -0.173. The van der Waals surface area contributed by atoms with E-state index in [1.54, 1.807) is 13.0 Å². The zero-order chi connectivity index (χ0) is 29.5. The predicted molar refractivity (Wildman–Crippen MR) is 141 cm³/mol. The highest BCUT2D eigenvalue weighted by atomic mass is 35.5. The third-order valence-electron chi connectivity index (χ3n) is 9.23. The largest absolute Gasteiger partial charge is 0.508 e. The minimum Gasteiger partial charge on any atom is -0.508 e. The van der Waals surface area contributed by atoms with Crippen molar-refractivity contribution in [1.29, 1.82) is 0 Å². The molecule has 2 aromatic carbocycles. The first kappa shape index (κ1) is 27.2. The molecule has 12 heteroatoms. The summed E-state index contributed by atoms with van der Waals surface area (Å²) in [7, 11) is 2.78. The fourth-order valence-electron chi connectivity index (χ4n) is 7.39. The van der Waals surface area contributed by atoms with E-state index < -0.39 is 64.5 Å². The Morgan fingerprint density at radius 2 is 1.66 bits per heavy atom. The minimum absolute atomic E-state index is 0.0472. The Bertz CT molecular complexity index is 1550. The van der Waals surface area contributed by atoms with Crippen LogP contribution in [0.25, 0.3) is 0 Å². The topological polar surface area (TPSA) is 134 Å². The number of phenolic OH excluding ortho intramolecular Hbond substituents is 1. The number of allylic oxidation sites excluding steroid dienone is 2. The number of carbonyl (C=O) groups excluding carboxylic acids is 4. The summed E-state index contributed by atoms with van der Waals surface area (Å²) in [5.74, 6) is -7.41. The fourth-order valence-corrected chi connectivity index (χ4v) is 7.56.